The van der Waals surface area contributed by atoms with Gasteiger partial charge in [-0.1, -0.05) is 48.5 Å². The predicted octanol–water partition coefficient (Wildman–Crippen LogP) is 1.17. The van der Waals surface area contributed by atoms with Crippen LogP contribution < -0.4 is 16.4 Å². The van der Waals surface area contributed by atoms with E-state index in [-0.39, 0.29) is 18.4 Å². The Balaban J connectivity index is 2.07. The normalized spacial score (nSPS) is 20.7. The Morgan fingerprint density at radius 1 is 1.09 bits per heavy atom. The number of nitrogens with zero attached hydrogens (tertiary/aromatic N) is 1. The Morgan fingerprint density at radius 3 is 2.43 bits per heavy atom. The third kappa shape index (κ3) is 2.96. The fourth-order valence-corrected chi connectivity index (χ4v) is 3.13. The van der Waals surface area contributed by atoms with Crippen LogP contribution in [0.15, 0.2) is 54.6 Å². The first-order chi connectivity index (χ1) is 11.1. The van der Waals surface area contributed by atoms with E-state index in [0.717, 1.165) is 11.1 Å². The van der Waals surface area contributed by atoms with Crippen molar-refractivity contribution in [3.63, 3.8) is 0 Å². The standard InChI is InChI=1S/C18H19N3O2/c19-16(22)11-21-15-9-5-4-8-13(15)10-14(17(20)18(21)23)12-6-2-1-3-7-12/h1-9,14,17H,10-11,20H2,(H2,19,22)/t14-,17-/m0/s1. The lowest BCUT2D eigenvalue weighted by molar-refractivity contribution is -0.123. The van der Waals surface area contributed by atoms with Crippen LogP contribution in [0.3, 0.4) is 0 Å². The molecule has 2 atom stereocenters. The molecule has 0 aliphatic carbocycles. The van der Waals surface area contributed by atoms with Crippen molar-refractivity contribution in [1.82, 2.24) is 0 Å². The van der Waals surface area contributed by atoms with E-state index in [1.165, 1.54) is 4.90 Å². The van der Waals surface area contributed by atoms with Crippen LogP contribution in [0.2, 0.25) is 0 Å². The van der Waals surface area contributed by atoms with Gasteiger partial charge in [0.25, 0.3) is 0 Å². The van der Waals surface area contributed by atoms with Crippen molar-refractivity contribution in [2.24, 2.45) is 11.5 Å². The Labute approximate surface area is 134 Å². The SMILES string of the molecule is NC(=O)CN1C(=O)[C@@H](N)[C@H](c2ccccc2)Cc2ccccc21. The number of para-hydroxylation sites is 1. The maximum Gasteiger partial charge on any atom is 0.245 e. The molecule has 0 fully saturated rings. The number of hydrogen-bond acceptors (Lipinski definition) is 3. The van der Waals surface area contributed by atoms with Crippen LogP contribution in [0.5, 0.6) is 0 Å². The molecule has 2 aromatic rings. The molecule has 0 aromatic heterocycles. The van der Waals surface area contributed by atoms with Crippen molar-refractivity contribution < 1.29 is 9.59 Å². The number of rotatable bonds is 3. The van der Waals surface area contributed by atoms with Gasteiger partial charge in [-0.25, -0.2) is 0 Å². The van der Waals surface area contributed by atoms with Gasteiger partial charge in [-0.15, -0.1) is 0 Å². The quantitative estimate of drug-likeness (QED) is 0.892. The summed E-state index contributed by atoms with van der Waals surface area (Å²) in [5.41, 5.74) is 14.3. The number of amides is 2. The van der Waals surface area contributed by atoms with Gasteiger partial charge in [0.1, 0.15) is 6.54 Å². The summed E-state index contributed by atoms with van der Waals surface area (Å²) in [5, 5.41) is 0. The molecule has 23 heavy (non-hydrogen) atoms. The highest BCUT2D eigenvalue weighted by Crippen LogP contribution is 2.33. The first kappa shape index (κ1) is 15.2. The average molecular weight is 309 g/mol. The molecule has 5 nitrogen and oxygen atoms in total. The van der Waals surface area contributed by atoms with E-state index < -0.39 is 11.9 Å². The smallest absolute Gasteiger partial charge is 0.245 e. The molecule has 2 amide bonds. The first-order valence-corrected chi connectivity index (χ1v) is 7.56. The summed E-state index contributed by atoms with van der Waals surface area (Å²) in [6.45, 7) is -0.162. The minimum Gasteiger partial charge on any atom is -0.368 e. The Bertz CT molecular complexity index is 730. The van der Waals surface area contributed by atoms with Crippen LogP contribution in [-0.2, 0) is 16.0 Å². The Morgan fingerprint density at radius 2 is 1.74 bits per heavy atom. The monoisotopic (exact) mass is 309 g/mol. The zero-order valence-corrected chi connectivity index (χ0v) is 12.7. The molecule has 4 N–H and O–H groups in total. The van der Waals surface area contributed by atoms with Gasteiger partial charge in [-0.05, 0) is 23.6 Å². The molecule has 2 aromatic carbocycles. The summed E-state index contributed by atoms with van der Waals surface area (Å²) in [4.78, 5) is 25.6. The number of nitrogens with two attached hydrogens (primary N) is 2. The van der Waals surface area contributed by atoms with Crippen molar-refractivity contribution in [2.75, 3.05) is 11.4 Å². The maximum absolute atomic E-state index is 12.8. The minimum absolute atomic E-state index is 0.136. The number of fused-ring (bicyclic) bond motifs is 1. The Hall–Kier alpha value is -2.66. The van der Waals surface area contributed by atoms with Gasteiger partial charge < -0.3 is 16.4 Å². The molecule has 1 heterocycles. The summed E-state index contributed by atoms with van der Waals surface area (Å²) in [5.74, 6) is -0.969. The number of hydrogen-bond donors (Lipinski definition) is 2. The van der Waals surface area contributed by atoms with Gasteiger partial charge in [0.05, 0.1) is 6.04 Å². The molecule has 0 saturated heterocycles. The molecule has 0 radical (unpaired) electrons. The molecule has 0 unspecified atom stereocenters. The summed E-state index contributed by atoms with van der Waals surface area (Å²) < 4.78 is 0. The molecule has 0 bridgehead atoms. The molecule has 1 aliphatic heterocycles. The molecule has 0 spiro atoms. The lowest BCUT2D eigenvalue weighted by Crippen LogP contribution is -2.48. The van der Waals surface area contributed by atoms with E-state index in [1.54, 1.807) is 0 Å². The molecule has 3 rings (SSSR count). The average Bonchev–Trinajstić information content (AvgIpc) is 2.66. The van der Waals surface area contributed by atoms with Crippen LogP contribution in [0.25, 0.3) is 0 Å². The molecular weight excluding hydrogens is 290 g/mol. The van der Waals surface area contributed by atoms with Crippen molar-refractivity contribution in [3.8, 4) is 0 Å². The molecule has 1 aliphatic rings. The van der Waals surface area contributed by atoms with Gasteiger partial charge in [0.15, 0.2) is 0 Å². The van der Waals surface area contributed by atoms with Crippen molar-refractivity contribution in [1.29, 1.82) is 0 Å². The van der Waals surface area contributed by atoms with Crippen molar-refractivity contribution in [3.05, 3.63) is 65.7 Å². The fourth-order valence-electron chi connectivity index (χ4n) is 3.13. The van der Waals surface area contributed by atoms with Crippen molar-refractivity contribution >= 4 is 17.5 Å². The third-order valence-electron chi connectivity index (χ3n) is 4.25. The summed E-state index contributed by atoms with van der Waals surface area (Å²) in [6.07, 6.45) is 0.641. The van der Waals surface area contributed by atoms with E-state index in [2.05, 4.69) is 0 Å². The van der Waals surface area contributed by atoms with Gasteiger partial charge >= 0.3 is 0 Å². The van der Waals surface area contributed by atoms with Crippen LogP contribution in [0.4, 0.5) is 5.69 Å². The number of anilines is 1. The van der Waals surface area contributed by atoms with Crippen LogP contribution in [0, 0.1) is 0 Å². The second-order valence-corrected chi connectivity index (χ2v) is 5.77. The number of benzene rings is 2. The van der Waals surface area contributed by atoms with Crippen molar-refractivity contribution in [2.45, 2.75) is 18.4 Å². The van der Waals surface area contributed by atoms with E-state index in [0.29, 0.717) is 12.1 Å². The van der Waals surface area contributed by atoms with E-state index in [9.17, 15) is 9.59 Å². The molecule has 5 heteroatoms. The summed E-state index contributed by atoms with van der Waals surface area (Å²) >= 11 is 0. The summed E-state index contributed by atoms with van der Waals surface area (Å²) in [7, 11) is 0. The summed E-state index contributed by atoms with van der Waals surface area (Å²) in [6, 6.07) is 16.6. The van der Waals surface area contributed by atoms with Gasteiger partial charge in [0, 0.05) is 11.6 Å². The van der Waals surface area contributed by atoms with Gasteiger partial charge in [-0.2, -0.15) is 0 Å². The topological polar surface area (TPSA) is 89.4 Å². The zero-order valence-electron chi connectivity index (χ0n) is 12.7. The predicted molar refractivity (Wildman–Crippen MR) is 88.9 cm³/mol. The Kier molecular flexibility index (Phi) is 4.12. The minimum atomic E-state index is -0.718. The van der Waals surface area contributed by atoms with Gasteiger partial charge in [-0.3, -0.25) is 9.59 Å². The highest BCUT2D eigenvalue weighted by Gasteiger charge is 2.35. The number of carbonyl (C=O) groups excluding carboxylic acids is 2. The highest BCUT2D eigenvalue weighted by molar-refractivity contribution is 6.03. The lowest BCUT2D eigenvalue weighted by atomic mass is 9.87. The van der Waals surface area contributed by atoms with Crippen LogP contribution >= 0.6 is 0 Å². The van der Waals surface area contributed by atoms with E-state index >= 15 is 0 Å². The van der Waals surface area contributed by atoms with Crippen LogP contribution in [-0.4, -0.2) is 24.4 Å². The maximum atomic E-state index is 12.8. The largest absolute Gasteiger partial charge is 0.368 e. The van der Waals surface area contributed by atoms with Crippen LogP contribution in [0.1, 0.15) is 17.0 Å². The van der Waals surface area contributed by atoms with E-state index in [1.807, 2.05) is 54.6 Å². The highest BCUT2D eigenvalue weighted by atomic mass is 16.2. The number of primary amides is 1. The molecule has 0 saturated carbocycles. The number of carbonyl (C=O) groups is 2. The van der Waals surface area contributed by atoms with E-state index in [4.69, 9.17) is 11.5 Å². The molecular formula is C18H19N3O2. The van der Waals surface area contributed by atoms with Gasteiger partial charge in [0.2, 0.25) is 11.8 Å². The first-order valence-electron chi connectivity index (χ1n) is 7.56. The second kappa shape index (κ2) is 6.22. The second-order valence-electron chi connectivity index (χ2n) is 5.77. The lowest BCUT2D eigenvalue weighted by Gasteiger charge is -2.25. The molecule has 118 valence electrons. The third-order valence-corrected chi connectivity index (χ3v) is 4.25. The fraction of sp³-hybridized carbons (Fsp3) is 0.222. The zero-order chi connectivity index (χ0) is 16.4.